The Labute approximate surface area is 203 Å². The molecule has 1 aliphatic rings. The van der Waals surface area contributed by atoms with Crippen LogP contribution in [-0.4, -0.2) is 68.8 Å². The Balaban J connectivity index is 1.34. The summed E-state index contributed by atoms with van der Waals surface area (Å²) < 4.78 is 5.33. The number of hydrogen-bond donors (Lipinski definition) is 2. The summed E-state index contributed by atoms with van der Waals surface area (Å²) in [6.07, 6.45) is 6.42. The maximum Gasteiger partial charge on any atom is 0.308 e. The number of aliphatic hydroxyl groups excluding tert-OH is 1. The van der Waals surface area contributed by atoms with E-state index < -0.39 is 18.0 Å². The molecule has 0 bridgehead atoms. The van der Waals surface area contributed by atoms with Gasteiger partial charge >= 0.3 is 5.97 Å². The van der Waals surface area contributed by atoms with E-state index >= 15 is 0 Å². The van der Waals surface area contributed by atoms with Crippen molar-refractivity contribution in [1.29, 1.82) is 0 Å². The molecule has 0 unspecified atom stereocenters. The minimum Gasteiger partial charge on any atom is -0.497 e. The normalized spacial score (nSPS) is 19.7. The molecular weight excluding hydrogens is 452 g/mol. The van der Waals surface area contributed by atoms with Gasteiger partial charge in [-0.2, -0.15) is 10.2 Å². The molecule has 0 saturated carbocycles. The highest BCUT2D eigenvalue weighted by molar-refractivity contribution is 7.99. The largest absolute Gasteiger partial charge is 0.497 e. The van der Waals surface area contributed by atoms with Gasteiger partial charge in [-0.15, -0.1) is 11.8 Å². The van der Waals surface area contributed by atoms with Gasteiger partial charge in [0.15, 0.2) is 0 Å². The van der Waals surface area contributed by atoms with Crippen molar-refractivity contribution in [2.75, 3.05) is 32.5 Å². The summed E-state index contributed by atoms with van der Waals surface area (Å²) in [5, 5.41) is 29.4. The number of aliphatic carboxylic acids is 1. The molecule has 9 heteroatoms. The van der Waals surface area contributed by atoms with Gasteiger partial charge in [-0.3, -0.25) is 9.78 Å². The molecule has 2 aromatic heterocycles. The van der Waals surface area contributed by atoms with Crippen LogP contribution >= 0.6 is 11.8 Å². The van der Waals surface area contributed by atoms with Gasteiger partial charge in [0, 0.05) is 35.3 Å². The highest BCUT2D eigenvalue weighted by Crippen LogP contribution is 2.34. The van der Waals surface area contributed by atoms with Crippen LogP contribution in [0.2, 0.25) is 0 Å². The standard InChI is InChI=1S/C25H30N4O4S/c1-33-18-3-4-23-21(14-18)20(7-9-26-23)24(30)5-2-17-8-11-29(16-22(17)25(31)32)12-13-34-19-6-10-27-28-15-19/h3-4,6-7,9-10,14-15,17,22,24,30H,2,5,8,11-13,16H2,1H3,(H,31,32)/t17-,22+,24+/m1/s1. The number of ether oxygens (including phenoxy) is 1. The topological polar surface area (TPSA) is 109 Å². The van der Waals surface area contributed by atoms with Crippen LogP contribution in [0.1, 0.15) is 30.9 Å². The summed E-state index contributed by atoms with van der Waals surface area (Å²) in [7, 11) is 1.61. The zero-order chi connectivity index (χ0) is 23.9. The number of fused-ring (bicyclic) bond motifs is 1. The zero-order valence-corrected chi connectivity index (χ0v) is 20.0. The average Bonchev–Trinajstić information content (AvgIpc) is 2.87. The summed E-state index contributed by atoms with van der Waals surface area (Å²) in [6, 6.07) is 9.38. The maximum absolute atomic E-state index is 12.0. The molecule has 0 amide bonds. The summed E-state index contributed by atoms with van der Waals surface area (Å²) in [5.41, 5.74) is 1.60. The molecule has 3 heterocycles. The van der Waals surface area contributed by atoms with Gasteiger partial charge in [0.25, 0.3) is 0 Å². The number of aliphatic hydroxyl groups is 1. The molecule has 1 saturated heterocycles. The molecule has 8 nitrogen and oxygen atoms in total. The number of hydrogen-bond acceptors (Lipinski definition) is 8. The number of pyridine rings is 1. The van der Waals surface area contributed by atoms with E-state index in [0.29, 0.717) is 25.1 Å². The fourth-order valence-corrected chi connectivity index (χ4v) is 5.51. The van der Waals surface area contributed by atoms with Gasteiger partial charge in [-0.1, -0.05) is 0 Å². The summed E-state index contributed by atoms with van der Waals surface area (Å²) in [4.78, 5) is 19.7. The molecule has 1 aliphatic heterocycles. The van der Waals surface area contributed by atoms with Crippen LogP contribution in [0.15, 0.2) is 53.8 Å². The molecule has 0 spiro atoms. The number of aromatic nitrogens is 3. The molecule has 0 aliphatic carbocycles. The van der Waals surface area contributed by atoms with Crippen LogP contribution in [0, 0.1) is 11.8 Å². The lowest BCUT2D eigenvalue weighted by atomic mass is 9.81. The molecule has 1 aromatic carbocycles. The lowest BCUT2D eigenvalue weighted by Crippen LogP contribution is -2.44. The summed E-state index contributed by atoms with van der Waals surface area (Å²) in [5.74, 6) is 0.450. The van der Waals surface area contributed by atoms with E-state index in [0.717, 1.165) is 46.6 Å². The highest BCUT2D eigenvalue weighted by Gasteiger charge is 2.34. The molecule has 4 rings (SSSR count). The lowest BCUT2D eigenvalue weighted by molar-refractivity contribution is -0.146. The first kappa shape index (κ1) is 24.4. The molecule has 3 aromatic rings. The number of piperidine rings is 1. The third kappa shape index (κ3) is 6.02. The Morgan fingerprint density at radius 1 is 1.26 bits per heavy atom. The second-order valence-electron chi connectivity index (χ2n) is 8.60. The van der Waals surface area contributed by atoms with Crippen LogP contribution in [0.4, 0.5) is 0 Å². The van der Waals surface area contributed by atoms with Gasteiger partial charge in [0.2, 0.25) is 0 Å². The van der Waals surface area contributed by atoms with E-state index in [1.165, 1.54) is 0 Å². The Kier molecular flexibility index (Phi) is 8.31. The number of carbonyl (C=O) groups is 1. The number of carboxylic acid groups (broad SMARTS) is 1. The predicted molar refractivity (Wildman–Crippen MR) is 131 cm³/mol. The van der Waals surface area contributed by atoms with Crippen LogP contribution in [0.3, 0.4) is 0 Å². The second-order valence-corrected chi connectivity index (χ2v) is 9.77. The van der Waals surface area contributed by atoms with Crippen molar-refractivity contribution in [3.63, 3.8) is 0 Å². The maximum atomic E-state index is 12.0. The van der Waals surface area contributed by atoms with Crippen molar-refractivity contribution in [3.8, 4) is 5.75 Å². The molecule has 0 radical (unpaired) electrons. The number of methoxy groups -OCH3 is 1. The van der Waals surface area contributed by atoms with E-state index in [1.807, 2.05) is 30.3 Å². The smallest absolute Gasteiger partial charge is 0.308 e. The molecule has 2 N–H and O–H groups in total. The van der Waals surface area contributed by atoms with E-state index in [1.54, 1.807) is 37.5 Å². The van der Waals surface area contributed by atoms with E-state index in [-0.39, 0.29) is 5.92 Å². The van der Waals surface area contributed by atoms with E-state index in [2.05, 4.69) is 20.1 Å². The summed E-state index contributed by atoms with van der Waals surface area (Å²) >= 11 is 1.70. The quantitative estimate of drug-likeness (QED) is 0.418. The van der Waals surface area contributed by atoms with Gasteiger partial charge in [0.1, 0.15) is 5.75 Å². The number of rotatable bonds is 10. The first-order chi connectivity index (χ1) is 16.5. The number of thioether (sulfide) groups is 1. The van der Waals surface area contributed by atoms with E-state index in [4.69, 9.17) is 4.74 Å². The third-order valence-corrected chi connectivity index (χ3v) is 7.50. The Morgan fingerprint density at radius 3 is 2.91 bits per heavy atom. The SMILES string of the molecule is COc1ccc2nccc([C@@H](O)CC[C@@H]3CCN(CCSc4ccnnc4)C[C@@H]3C(=O)O)c2c1. The van der Waals surface area contributed by atoms with Gasteiger partial charge in [0.05, 0.1) is 37.0 Å². The predicted octanol–water partition coefficient (Wildman–Crippen LogP) is 3.66. The minimum absolute atomic E-state index is 0.0445. The van der Waals surface area contributed by atoms with Crippen molar-refractivity contribution in [3.05, 3.63) is 54.5 Å². The molecule has 180 valence electrons. The van der Waals surface area contributed by atoms with Crippen LogP contribution < -0.4 is 4.74 Å². The van der Waals surface area contributed by atoms with Crippen molar-refractivity contribution >= 4 is 28.6 Å². The van der Waals surface area contributed by atoms with Gasteiger partial charge in [-0.25, -0.2) is 0 Å². The fraction of sp³-hybridized carbons (Fsp3) is 0.440. The summed E-state index contributed by atoms with van der Waals surface area (Å²) in [6.45, 7) is 2.24. The number of benzene rings is 1. The Morgan fingerprint density at radius 2 is 2.15 bits per heavy atom. The average molecular weight is 483 g/mol. The van der Waals surface area contributed by atoms with Crippen LogP contribution in [-0.2, 0) is 4.79 Å². The van der Waals surface area contributed by atoms with Gasteiger partial charge in [-0.05, 0) is 67.6 Å². The third-order valence-electron chi connectivity index (χ3n) is 6.54. The lowest BCUT2D eigenvalue weighted by Gasteiger charge is -2.37. The molecular formula is C25H30N4O4S. The second kappa shape index (κ2) is 11.6. The number of nitrogens with zero attached hydrogens (tertiary/aromatic N) is 4. The number of likely N-dealkylation sites (tertiary alicyclic amines) is 1. The highest BCUT2D eigenvalue weighted by atomic mass is 32.2. The van der Waals surface area contributed by atoms with Gasteiger partial charge < -0.3 is 19.8 Å². The minimum atomic E-state index is -0.755. The Hall–Kier alpha value is -2.75. The molecule has 1 fully saturated rings. The fourth-order valence-electron chi connectivity index (χ4n) is 4.64. The van der Waals surface area contributed by atoms with Crippen LogP contribution in [0.25, 0.3) is 10.9 Å². The number of carboxylic acids is 1. The molecule has 3 atom stereocenters. The monoisotopic (exact) mass is 482 g/mol. The zero-order valence-electron chi connectivity index (χ0n) is 19.2. The molecule has 34 heavy (non-hydrogen) atoms. The van der Waals surface area contributed by atoms with Crippen molar-refractivity contribution in [2.24, 2.45) is 11.8 Å². The van der Waals surface area contributed by atoms with Crippen molar-refractivity contribution < 1.29 is 19.7 Å². The van der Waals surface area contributed by atoms with E-state index in [9.17, 15) is 15.0 Å². The first-order valence-electron chi connectivity index (χ1n) is 11.5. The first-order valence-corrected chi connectivity index (χ1v) is 12.5. The van der Waals surface area contributed by atoms with Crippen molar-refractivity contribution in [2.45, 2.75) is 30.3 Å². The van der Waals surface area contributed by atoms with Crippen molar-refractivity contribution in [1.82, 2.24) is 20.1 Å². The Bertz CT molecular complexity index is 1100. The van der Waals surface area contributed by atoms with Crippen LogP contribution in [0.5, 0.6) is 5.75 Å².